The van der Waals surface area contributed by atoms with E-state index >= 15 is 0 Å². The zero-order chi connectivity index (χ0) is 13.6. The van der Waals surface area contributed by atoms with E-state index in [1.165, 1.54) is 38.5 Å². The molecule has 0 aromatic heterocycles. The van der Waals surface area contributed by atoms with Gasteiger partial charge < -0.3 is 4.74 Å². The van der Waals surface area contributed by atoms with Gasteiger partial charge in [-0.25, -0.2) is 0 Å². The highest BCUT2D eigenvalue weighted by Gasteiger charge is 2.51. The lowest BCUT2D eigenvalue weighted by molar-refractivity contribution is -0.0745. The molecule has 0 saturated heterocycles. The summed E-state index contributed by atoms with van der Waals surface area (Å²) in [5.41, 5.74) is 1.08. The second kappa shape index (κ2) is 4.52. The van der Waals surface area contributed by atoms with E-state index in [2.05, 4.69) is 6.07 Å². The van der Waals surface area contributed by atoms with Gasteiger partial charge in [-0.15, -0.1) is 0 Å². The molecule has 4 saturated carbocycles. The predicted molar refractivity (Wildman–Crippen MR) is 77.3 cm³/mol. The van der Waals surface area contributed by atoms with E-state index < -0.39 is 0 Å². The molecule has 2 nitrogen and oxygen atoms in total. The standard InChI is InChI=1S/C18H21NO/c19-11-16-3-1-2-4-17(16)20-12-18-8-13-5-14(9-18)7-15(6-13)10-18/h1-4,13-15H,5-10,12H2. The summed E-state index contributed by atoms with van der Waals surface area (Å²) >= 11 is 0. The zero-order valence-electron chi connectivity index (χ0n) is 11.8. The van der Waals surface area contributed by atoms with E-state index in [0.29, 0.717) is 11.0 Å². The lowest BCUT2D eigenvalue weighted by atomic mass is 9.50. The summed E-state index contributed by atoms with van der Waals surface area (Å²) < 4.78 is 6.09. The molecule has 4 aliphatic rings. The molecule has 0 atom stereocenters. The second-order valence-corrected chi connectivity index (χ2v) is 7.31. The van der Waals surface area contributed by atoms with E-state index in [1.807, 2.05) is 24.3 Å². The van der Waals surface area contributed by atoms with Crippen molar-refractivity contribution in [3.8, 4) is 11.8 Å². The Morgan fingerprint density at radius 2 is 1.65 bits per heavy atom. The first-order valence-corrected chi connectivity index (χ1v) is 7.88. The third-order valence-electron chi connectivity index (χ3n) is 5.71. The van der Waals surface area contributed by atoms with Crippen molar-refractivity contribution in [3.05, 3.63) is 29.8 Å². The maximum absolute atomic E-state index is 9.15. The number of rotatable bonds is 3. The van der Waals surface area contributed by atoms with Gasteiger partial charge in [0.15, 0.2) is 0 Å². The molecule has 104 valence electrons. The van der Waals surface area contributed by atoms with Gasteiger partial charge in [0.25, 0.3) is 0 Å². The van der Waals surface area contributed by atoms with Crippen LogP contribution in [0.2, 0.25) is 0 Å². The molecule has 4 aliphatic carbocycles. The number of nitriles is 1. The number of ether oxygens (including phenoxy) is 1. The van der Waals surface area contributed by atoms with Crippen LogP contribution in [0.25, 0.3) is 0 Å². The minimum absolute atomic E-state index is 0.414. The molecule has 0 heterocycles. The smallest absolute Gasteiger partial charge is 0.137 e. The van der Waals surface area contributed by atoms with Crippen LogP contribution in [-0.4, -0.2) is 6.61 Å². The first-order chi connectivity index (χ1) is 9.76. The third kappa shape index (κ3) is 2.00. The zero-order valence-corrected chi connectivity index (χ0v) is 11.8. The van der Waals surface area contributed by atoms with E-state index in [-0.39, 0.29) is 0 Å². The Labute approximate surface area is 120 Å². The van der Waals surface area contributed by atoms with Crippen molar-refractivity contribution in [2.45, 2.75) is 38.5 Å². The number of hydrogen-bond acceptors (Lipinski definition) is 2. The summed E-state index contributed by atoms with van der Waals surface area (Å²) in [6.45, 7) is 0.815. The Bertz CT molecular complexity index is 521. The normalized spacial score (nSPS) is 37.6. The van der Waals surface area contributed by atoms with Crippen molar-refractivity contribution < 1.29 is 4.74 Å². The van der Waals surface area contributed by atoms with Gasteiger partial charge in [-0.3, -0.25) is 0 Å². The first kappa shape index (κ1) is 12.3. The summed E-state index contributed by atoms with van der Waals surface area (Å²) in [4.78, 5) is 0. The summed E-state index contributed by atoms with van der Waals surface area (Å²) in [6.07, 6.45) is 8.46. The maximum atomic E-state index is 9.15. The Hall–Kier alpha value is -1.49. The van der Waals surface area contributed by atoms with Crippen LogP contribution in [0.4, 0.5) is 0 Å². The molecule has 4 fully saturated rings. The minimum Gasteiger partial charge on any atom is -0.492 e. The quantitative estimate of drug-likeness (QED) is 0.824. The van der Waals surface area contributed by atoms with Crippen LogP contribution < -0.4 is 4.74 Å². The third-order valence-corrected chi connectivity index (χ3v) is 5.71. The van der Waals surface area contributed by atoms with Crippen LogP contribution in [0.1, 0.15) is 44.1 Å². The highest BCUT2D eigenvalue weighted by molar-refractivity contribution is 5.42. The number of nitrogens with zero attached hydrogens (tertiary/aromatic N) is 1. The van der Waals surface area contributed by atoms with Crippen molar-refractivity contribution in [2.24, 2.45) is 23.2 Å². The number of hydrogen-bond donors (Lipinski definition) is 0. The van der Waals surface area contributed by atoms with Gasteiger partial charge in [0.05, 0.1) is 12.2 Å². The van der Waals surface area contributed by atoms with Crippen molar-refractivity contribution in [2.75, 3.05) is 6.61 Å². The Morgan fingerprint density at radius 1 is 1.05 bits per heavy atom. The molecule has 0 amide bonds. The van der Waals surface area contributed by atoms with Crippen LogP contribution >= 0.6 is 0 Å². The van der Waals surface area contributed by atoms with Gasteiger partial charge >= 0.3 is 0 Å². The molecule has 0 unspecified atom stereocenters. The molecule has 20 heavy (non-hydrogen) atoms. The molecule has 1 aromatic carbocycles. The van der Waals surface area contributed by atoms with E-state index in [1.54, 1.807) is 0 Å². The van der Waals surface area contributed by atoms with Gasteiger partial charge in [0.2, 0.25) is 0 Å². The molecule has 0 aliphatic heterocycles. The Kier molecular flexibility index (Phi) is 2.77. The predicted octanol–water partition coefficient (Wildman–Crippen LogP) is 4.15. The molecular weight excluding hydrogens is 246 g/mol. The molecule has 2 heteroatoms. The second-order valence-electron chi connectivity index (χ2n) is 7.31. The SMILES string of the molecule is N#Cc1ccccc1OCC12CC3CC(CC(C3)C1)C2. The fourth-order valence-corrected chi connectivity index (χ4v) is 5.38. The molecule has 0 spiro atoms. The van der Waals surface area contributed by atoms with E-state index in [9.17, 15) is 0 Å². The van der Waals surface area contributed by atoms with Crippen molar-refractivity contribution >= 4 is 0 Å². The minimum atomic E-state index is 0.414. The maximum Gasteiger partial charge on any atom is 0.137 e. The average Bonchev–Trinajstić information content (AvgIpc) is 2.44. The Balaban J connectivity index is 1.51. The summed E-state index contributed by atoms with van der Waals surface area (Å²) in [7, 11) is 0. The first-order valence-electron chi connectivity index (χ1n) is 7.88. The summed E-state index contributed by atoms with van der Waals surface area (Å²) in [5, 5.41) is 9.15. The lowest BCUT2D eigenvalue weighted by Gasteiger charge is -2.56. The fraction of sp³-hybridized carbons (Fsp3) is 0.611. The van der Waals surface area contributed by atoms with Crippen LogP contribution in [0.3, 0.4) is 0 Å². The van der Waals surface area contributed by atoms with Gasteiger partial charge in [0, 0.05) is 5.41 Å². The number of para-hydroxylation sites is 1. The topological polar surface area (TPSA) is 33.0 Å². The van der Waals surface area contributed by atoms with Crippen LogP contribution in [0, 0.1) is 34.5 Å². The Morgan fingerprint density at radius 3 is 2.25 bits per heavy atom. The van der Waals surface area contributed by atoms with Gasteiger partial charge in [-0.05, 0) is 68.4 Å². The van der Waals surface area contributed by atoms with Gasteiger partial charge in [-0.1, -0.05) is 12.1 Å². The molecule has 1 aromatic rings. The summed E-state index contributed by atoms with van der Waals surface area (Å²) in [6, 6.07) is 9.85. The molecule has 4 bridgehead atoms. The summed E-state index contributed by atoms with van der Waals surface area (Å²) in [5.74, 6) is 3.63. The van der Waals surface area contributed by atoms with Crippen LogP contribution in [0.5, 0.6) is 5.75 Å². The fourth-order valence-electron chi connectivity index (χ4n) is 5.38. The van der Waals surface area contributed by atoms with E-state index in [0.717, 1.165) is 30.1 Å². The molecular formula is C18H21NO. The molecule has 0 radical (unpaired) electrons. The van der Waals surface area contributed by atoms with Gasteiger partial charge in [0.1, 0.15) is 11.8 Å². The van der Waals surface area contributed by atoms with Crippen LogP contribution in [0.15, 0.2) is 24.3 Å². The highest BCUT2D eigenvalue weighted by atomic mass is 16.5. The van der Waals surface area contributed by atoms with Crippen LogP contribution in [-0.2, 0) is 0 Å². The molecule has 0 N–H and O–H groups in total. The van der Waals surface area contributed by atoms with Gasteiger partial charge in [-0.2, -0.15) is 5.26 Å². The van der Waals surface area contributed by atoms with E-state index in [4.69, 9.17) is 10.00 Å². The monoisotopic (exact) mass is 267 g/mol. The van der Waals surface area contributed by atoms with Crippen molar-refractivity contribution in [1.29, 1.82) is 5.26 Å². The largest absolute Gasteiger partial charge is 0.492 e. The lowest BCUT2D eigenvalue weighted by Crippen LogP contribution is -2.48. The number of benzene rings is 1. The van der Waals surface area contributed by atoms with Crippen molar-refractivity contribution in [1.82, 2.24) is 0 Å². The molecule has 5 rings (SSSR count). The average molecular weight is 267 g/mol. The highest BCUT2D eigenvalue weighted by Crippen LogP contribution is 2.60. The van der Waals surface area contributed by atoms with Crippen molar-refractivity contribution in [3.63, 3.8) is 0 Å².